The molecule has 0 atom stereocenters. The van der Waals surface area contributed by atoms with E-state index in [0.717, 1.165) is 35.6 Å². The zero-order chi connectivity index (χ0) is 10.8. The first-order chi connectivity index (χ1) is 7.30. The highest BCUT2D eigenvalue weighted by molar-refractivity contribution is 6.04. The van der Waals surface area contributed by atoms with Gasteiger partial charge in [0, 0.05) is 5.56 Å². The fraction of sp³-hybridized carbons (Fsp3) is 0.364. The number of hydrogen-bond donors (Lipinski definition) is 1. The molecule has 1 aromatic rings. The van der Waals surface area contributed by atoms with E-state index < -0.39 is 0 Å². The smallest absolute Gasteiger partial charge is 0.161 e. The minimum absolute atomic E-state index is 0.722. The second-order valence-corrected chi connectivity index (χ2v) is 3.44. The van der Waals surface area contributed by atoms with Crippen molar-refractivity contribution in [3.05, 3.63) is 23.3 Å². The highest BCUT2D eigenvalue weighted by Crippen LogP contribution is 2.34. The van der Waals surface area contributed by atoms with Crippen molar-refractivity contribution in [2.45, 2.75) is 12.8 Å². The maximum Gasteiger partial charge on any atom is 0.161 e. The molecule has 0 aliphatic heterocycles. The van der Waals surface area contributed by atoms with Crippen molar-refractivity contribution in [2.24, 2.45) is 10.9 Å². The van der Waals surface area contributed by atoms with Gasteiger partial charge in [-0.05, 0) is 30.5 Å². The fourth-order valence-corrected chi connectivity index (χ4v) is 1.92. The van der Waals surface area contributed by atoms with E-state index >= 15 is 0 Å². The van der Waals surface area contributed by atoms with E-state index in [0.29, 0.717) is 0 Å². The van der Waals surface area contributed by atoms with Gasteiger partial charge >= 0.3 is 0 Å². The van der Waals surface area contributed by atoms with Crippen molar-refractivity contribution in [3.8, 4) is 11.5 Å². The second-order valence-electron chi connectivity index (χ2n) is 3.44. The summed E-state index contributed by atoms with van der Waals surface area (Å²) in [6.45, 7) is 0. The van der Waals surface area contributed by atoms with Gasteiger partial charge in [0.2, 0.25) is 0 Å². The number of ether oxygens (including phenoxy) is 2. The van der Waals surface area contributed by atoms with Crippen molar-refractivity contribution in [1.29, 1.82) is 0 Å². The van der Waals surface area contributed by atoms with E-state index in [1.165, 1.54) is 5.56 Å². The zero-order valence-corrected chi connectivity index (χ0v) is 8.91. The molecule has 2 rings (SSSR count). The van der Waals surface area contributed by atoms with Crippen molar-refractivity contribution in [1.82, 2.24) is 0 Å². The average molecular weight is 206 g/mol. The van der Waals surface area contributed by atoms with Crippen LogP contribution < -0.4 is 15.3 Å². The predicted molar refractivity (Wildman–Crippen MR) is 58.6 cm³/mol. The summed E-state index contributed by atoms with van der Waals surface area (Å²) in [4.78, 5) is 0. The Morgan fingerprint density at radius 3 is 2.40 bits per heavy atom. The van der Waals surface area contributed by atoms with Gasteiger partial charge < -0.3 is 15.3 Å². The Labute approximate surface area is 88.7 Å². The summed E-state index contributed by atoms with van der Waals surface area (Å²) in [5.41, 5.74) is 3.23. The lowest BCUT2D eigenvalue weighted by molar-refractivity contribution is 0.354. The first-order valence-electron chi connectivity index (χ1n) is 4.82. The Bertz CT molecular complexity index is 413. The molecule has 1 aliphatic carbocycles. The van der Waals surface area contributed by atoms with E-state index in [1.807, 2.05) is 12.1 Å². The van der Waals surface area contributed by atoms with Crippen LogP contribution in [-0.2, 0) is 6.42 Å². The fourth-order valence-electron chi connectivity index (χ4n) is 1.92. The average Bonchev–Trinajstić information content (AvgIpc) is 2.68. The second kappa shape index (κ2) is 3.81. The third-order valence-electron chi connectivity index (χ3n) is 2.71. The van der Waals surface area contributed by atoms with Gasteiger partial charge in [-0.25, -0.2) is 0 Å². The van der Waals surface area contributed by atoms with Gasteiger partial charge in [-0.2, -0.15) is 5.10 Å². The third kappa shape index (κ3) is 1.52. The number of hydrazone groups is 1. The Balaban J connectivity index is 2.54. The maximum absolute atomic E-state index is 5.33. The van der Waals surface area contributed by atoms with Crippen LogP contribution in [-0.4, -0.2) is 19.9 Å². The number of fused-ring (bicyclic) bond motifs is 1. The van der Waals surface area contributed by atoms with Gasteiger partial charge in [0.1, 0.15) is 0 Å². The molecule has 4 nitrogen and oxygen atoms in total. The molecule has 0 spiro atoms. The lowest BCUT2D eigenvalue weighted by Gasteiger charge is -2.09. The summed E-state index contributed by atoms with van der Waals surface area (Å²) in [5, 5.41) is 3.78. The number of nitrogens with two attached hydrogens (primary N) is 1. The highest BCUT2D eigenvalue weighted by Gasteiger charge is 2.20. The molecule has 0 amide bonds. The molecule has 2 N–H and O–H groups in total. The number of benzene rings is 1. The molecule has 0 aromatic heterocycles. The first kappa shape index (κ1) is 9.83. The molecule has 1 aliphatic rings. The lowest BCUT2D eigenvalue weighted by Crippen LogP contribution is -2.00. The summed E-state index contributed by atoms with van der Waals surface area (Å²) in [6.07, 6.45) is 1.86. The van der Waals surface area contributed by atoms with Gasteiger partial charge in [0.15, 0.2) is 11.5 Å². The van der Waals surface area contributed by atoms with E-state index in [1.54, 1.807) is 14.2 Å². The molecule has 0 saturated heterocycles. The van der Waals surface area contributed by atoms with E-state index in [9.17, 15) is 0 Å². The normalized spacial score (nSPS) is 16.5. The van der Waals surface area contributed by atoms with E-state index in [2.05, 4.69) is 5.10 Å². The van der Waals surface area contributed by atoms with Crippen LogP contribution in [0.4, 0.5) is 0 Å². The topological polar surface area (TPSA) is 56.8 Å². The molecule has 0 radical (unpaired) electrons. The SMILES string of the molecule is COc1cc2c(cc1OC)C(=NN)CC2. The molecule has 80 valence electrons. The number of hydrogen-bond acceptors (Lipinski definition) is 4. The van der Waals surface area contributed by atoms with Crippen LogP contribution in [0.15, 0.2) is 17.2 Å². The molecule has 4 heteroatoms. The van der Waals surface area contributed by atoms with Crippen LogP contribution >= 0.6 is 0 Å². The van der Waals surface area contributed by atoms with Gasteiger partial charge in [-0.15, -0.1) is 0 Å². The van der Waals surface area contributed by atoms with E-state index in [4.69, 9.17) is 15.3 Å². The van der Waals surface area contributed by atoms with Gasteiger partial charge in [0.05, 0.1) is 19.9 Å². The molecule has 15 heavy (non-hydrogen) atoms. The highest BCUT2D eigenvalue weighted by atomic mass is 16.5. The molecule has 0 fully saturated rings. The summed E-state index contributed by atoms with van der Waals surface area (Å²) >= 11 is 0. The molecule has 0 saturated carbocycles. The summed E-state index contributed by atoms with van der Waals surface area (Å²) < 4.78 is 10.5. The Hall–Kier alpha value is -1.71. The quantitative estimate of drug-likeness (QED) is 0.586. The van der Waals surface area contributed by atoms with Gasteiger partial charge in [0.25, 0.3) is 0 Å². The monoisotopic (exact) mass is 206 g/mol. The van der Waals surface area contributed by atoms with Crippen molar-refractivity contribution in [2.75, 3.05) is 14.2 Å². The van der Waals surface area contributed by atoms with Crippen LogP contribution in [0.5, 0.6) is 11.5 Å². The molecule has 1 aromatic carbocycles. The van der Waals surface area contributed by atoms with Gasteiger partial charge in [-0.3, -0.25) is 0 Å². The Morgan fingerprint density at radius 1 is 1.13 bits per heavy atom. The predicted octanol–water partition coefficient (Wildman–Crippen LogP) is 1.31. The van der Waals surface area contributed by atoms with Crippen LogP contribution in [0.1, 0.15) is 17.5 Å². The zero-order valence-electron chi connectivity index (χ0n) is 8.91. The number of methoxy groups -OCH3 is 2. The first-order valence-corrected chi connectivity index (χ1v) is 4.82. The van der Waals surface area contributed by atoms with Crippen LogP contribution in [0, 0.1) is 0 Å². The third-order valence-corrected chi connectivity index (χ3v) is 2.71. The maximum atomic E-state index is 5.33. The summed E-state index contributed by atoms with van der Waals surface area (Å²) in [5.74, 6) is 6.81. The standard InChI is InChI=1S/C11H14N2O2/c1-14-10-5-7-3-4-9(13-12)8(7)6-11(10)15-2/h5-6H,3-4,12H2,1-2H3. The van der Waals surface area contributed by atoms with Crippen LogP contribution in [0.2, 0.25) is 0 Å². The van der Waals surface area contributed by atoms with Gasteiger partial charge in [-0.1, -0.05) is 0 Å². The van der Waals surface area contributed by atoms with E-state index in [-0.39, 0.29) is 0 Å². The van der Waals surface area contributed by atoms with Crippen molar-refractivity contribution >= 4 is 5.71 Å². The lowest BCUT2D eigenvalue weighted by atomic mass is 10.1. The Kier molecular flexibility index (Phi) is 2.49. The molecular weight excluding hydrogens is 192 g/mol. The number of aryl methyl sites for hydroxylation is 1. The molecule has 0 bridgehead atoms. The minimum Gasteiger partial charge on any atom is -0.493 e. The number of rotatable bonds is 2. The van der Waals surface area contributed by atoms with Crippen molar-refractivity contribution < 1.29 is 9.47 Å². The Morgan fingerprint density at radius 2 is 1.80 bits per heavy atom. The minimum atomic E-state index is 0.722. The van der Waals surface area contributed by atoms with Crippen LogP contribution in [0.3, 0.4) is 0 Å². The molecule has 0 unspecified atom stereocenters. The molecular formula is C11H14N2O2. The summed E-state index contributed by atoms with van der Waals surface area (Å²) in [7, 11) is 3.26. The van der Waals surface area contributed by atoms with Crippen molar-refractivity contribution in [3.63, 3.8) is 0 Å². The largest absolute Gasteiger partial charge is 0.493 e. The molecule has 0 heterocycles. The van der Waals surface area contributed by atoms with Crippen LogP contribution in [0.25, 0.3) is 0 Å². The number of nitrogens with zero attached hydrogens (tertiary/aromatic N) is 1. The summed E-state index contributed by atoms with van der Waals surface area (Å²) in [6, 6.07) is 3.93.